The van der Waals surface area contributed by atoms with Crippen molar-refractivity contribution in [2.75, 3.05) is 5.32 Å². The lowest BCUT2D eigenvalue weighted by atomic mass is 10.3. The lowest BCUT2D eigenvalue weighted by Crippen LogP contribution is -2.07. The third kappa shape index (κ3) is 2.99. The van der Waals surface area contributed by atoms with Gasteiger partial charge in [0.05, 0.1) is 5.69 Å². The van der Waals surface area contributed by atoms with E-state index in [1.807, 2.05) is 17.5 Å². The second-order valence-corrected chi connectivity index (χ2v) is 7.09. The molecule has 2 fully saturated rings. The van der Waals surface area contributed by atoms with Gasteiger partial charge in [-0.05, 0) is 43.4 Å². The third-order valence-electron chi connectivity index (χ3n) is 4.27. The molecule has 1 N–H and O–H groups in total. The molecule has 0 spiro atoms. The van der Waals surface area contributed by atoms with Crippen LogP contribution in [0.5, 0.6) is 0 Å². The molecule has 0 radical (unpaired) electrons. The zero-order valence-corrected chi connectivity index (χ0v) is 13.2. The molecule has 0 aromatic carbocycles. The van der Waals surface area contributed by atoms with E-state index >= 15 is 0 Å². The van der Waals surface area contributed by atoms with Crippen LogP contribution in [0.4, 0.5) is 5.13 Å². The zero-order chi connectivity index (χ0) is 15.1. The first kappa shape index (κ1) is 13.8. The fourth-order valence-corrected chi connectivity index (χ4v) is 3.39. The van der Waals surface area contributed by atoms with E-state index in [4.69, 9.17) is 4.42 Å². The van der Waals surface area contributed by atoms with Crippen molar-refractivity contribution in [3.05, 3.63) is 40.8 Å². The van der Waals surface area contributed by atoms with Gasteiger partial charge in [-0.2, -0.15) is 0 Å². The molecular weight excluding hydrogens is 296 g/mol. The van der Waals surface area contributed by atoms with Gasteiger partial charge in [0.25, 0.3) is 0 Å². The van der Waals surface area contributed by atoms with Crippen molar-refractivity contribution >= 4 is 28.5 Å². The Kier molecular flexibility index (Phi) is 3.37. The number of hydrogen-bond acceptors (Lipinski definition) is 4. The van der Waals surface area contributed by atoms with Crippen LogP contribution in [0.25, 0.3) is 6.08 Å². The van der Waals surface area contributed by atoms with Crippen LogP contribution < -0.4 is 5.32 Å². The standard InChI is InChI=1S/C17H18N2O2S/c1-10-8-13(10)15-6-4-12(21-15)5-7-16(20)19-17-18-14(9-22-17)11-2-3-11/h4-7,9-11,13H,2-3,8H2,1H3,(H,18,19,20)/b7-5-/t10-,13+/m1/s1. The van der Waals surface area contributed by atoms with Gasteiger partial charge in [-0.25, -0.2) is 4.98 Å². The molecular formula is C17H18N2O2S. The van der Waals surface area contributed by atoms with E-state index < -0.39 is 0 Å². The summed E-state index contributed by atoms with van der Waals surface area (Å²) in [5, 5.41) is 5.51. The Labute approximate surface area is 133 Å². The van der Waals surface area contributed by atoms with Crippen LogP contribution in [-0.4, -0.2) is 10.9 Å². The molecule has 2 saturated carbocycles. The number of furan rings is 1. The largest absolute Gasteiger partial charge is 0.461 e. The van der Waals surface area contributed by atoms with Gasteiger partial charge in [0.15, 0.2) is 5.13 Å². The predicted octanol–water partition coefficient (Wildman–Crippen LogP) is 4.39. The van der Waals surface area contributed by atoms with Crippen LogP contribution in [0.2, 0.25) is 0 Å². The average molecular weight is 314 g/mol. The number of aromatic nitrogens is 1. The Bertz CT molecular complexity index is 727. The summed E-state index contributed by atoms with van der Waals surface area (Å²) in [4.78, 5) is 16.4. The van der Waals surface area contributed by atoms with Crippen molar-refractivity contribution in [1.29, 1.82) is 0 Å². The molecule has 2 aliphatic rings. The van der Waals surface area contributed by atoms with E-state index in [1.54, 1.807) is 6.08 Å². The first-order chi connectivity index (χ1) is 10.7. The van der Waals surface area contributed by atoms with Gasteiger partial charge >= 0.3 is 0 Å². The summed E-state index contributed by atoms with van der Waals surface area (Å²) in [6.45, 7) is 2.22. The fourth-order valence-electron chi connectivity index (χ4n) is 2.59. The van der Waals surface area contributed by atoms with E-state index in [9.17, 15) is 4.79 Å². The molecule has 0 saturated heterocycles. The molecule has 22 heavy (non-hydrogen) atoms. The van der Waals surface area contributed by atoms with Crippen LogP contribution in [0.3, 0.4) is 0 Å². The SMILES string of the molecule is C[C@@H]1C[C@@H]1c1ccc(/C=C\C(=O)Nc2nc(C3CC3)cs2)o1. The first-order valence-electron chi connectivity index (χ1n) is 7.73. The zero-order valence-electron chi connectivity index (χ0n) is 12.4. The second kappa shape index (κ2) is 5.39. The lowest BCUT2D eigenvalue weighted by Gasteiger charge is -1.95. The maximum absolute atomic E-state index is 11.9. The van der Waals surface area contributed by atoms with Crippen LogP contribution in [-0.2, 0) is 4.79 Å². The van der Waals surface area contributed by atoms with Crippen LogP contribution in [0.15, 0.2) is 28.0 Å². The summed E-state index contributed by atoms with van der Waals surface area (Å²) in [5.41, 5.74) is 1.11. The smallest absolute Gasteiger partial charge is 0.250 e. The number of rotatable bonds is 5. The summed E-state index contributed by atoms with van der Waals surface area (Å²) < 4.78 is 5.74. The molecule has 2 atom stereocenters. The minimum absolute atomic E-state index is 0.172. The van der Waals surface area contributed by atoms with Crippen molar-refractivity contribution in [1.82, 2.24) is 4.98 Å². The van der Waals surface area contributed by atoms with E-state index in [1.165, 1.54) is 36.7 Å². The molecule has 2 aromatic heterocycles. The molecule has 1 amide bonds. The van der Waals surface area contributed by atoms with Gasteiger partial charge in [0.2, 0.25) is 5.91 Å². The molecule has 2 heterocycles. The van der Waals surface area contributed by atoms with Crippen molar-refractivity contribution in [2.45, 2.75) is 38.0 Å². The van der Waals surface area contributed by atoms with Crippen molar-refractivity contribution in [3.8, 4) is 0 Å². The number of thiazole rings is 1. The van der Waals surface area contributed by atoms with Crippen molar-refractivity contribution < 1.29 is 9.21 Å². The van der Waals surface area contributed by atoms with Crippen molar-refractivity contribution in [3.63, 3.8) is 0 Å². The molecule has 4 nitrogen and oxygen atoms in total. The number of nitrogens with one attached hydrogen (secondary N) is 1. The first-order valence-corrected chi connectivity index (χ1v) is 8.61. The minimum Gasteiger partial charge on any atom is -0.461 e. The van der Waals surface area contributed by atoms with Gasteiger partial charge in [-0.3, -0.25) is 10.1 Å². The topological polar surface area (TPSA) is 55.1 Å². The molecule has 2 aromatic rings. The predicted molar refractivity (Wildman–Crippen MR) is 87.0 cm³/mol. The summed E-state index contributed by atoms with van der Waals surface area (Å²) in [6, 6.07) is 3.92. The molecule has 114 valence electrons. The monoisotopic (exact) mass is 314 g/mol. The Morgan fingerprint density at radius 3 is 3.00 bits per heavy atom. The number of nitrogens with zero attached hydrogens (tertiary/aromatic N) is 1. The van der Waals surface area contributed by atoms with Gasteiger partial charge in [0.1, 0.15) is 11.5 Å². The number of anilines is 1. The maximum Gasteiger partial charge on any atom is 0.250 e. The van der Waals surface area contributed by atoms with Gasteiger partial charge in [-0.15, -0.1) is 11.3 Å². The fraction of sp³-hybridized carbons (Fsp3) is 0.412. The number of carbonyl (C=O) groups is 1. The number of hydrogen-bond donors (Lipinski definition) is 1. The highest BCUT2D eigenvalue weighted by molar-refractivity contribution is 7.14. The third-order valence-corrected chi connectivity index (χ3v) is 5.05. The minimum atomic E-state index is -0.172. The molecule has 4 rings (SSSR count). The molecule has 0 aliphatic heterocycles. The van der Waals surface area contributed by atoms with Crippen LogP contribution in [0, 0.1) is 5.92 Å². The number of carbonyl (C=O) groups excluding carboxylic acids is 1. The molecule has 0 unspecified atom stereocenters. The normalized spacial score (nSPS) is 23.9. The van der Waals surface area contributed by atoms with Crippen molar-refractivity contribution in [2.24, 2.45) is 5.92 Å². The highest BCUT2D eigenvalue weighted by atomic mass is 32.1. The van der Waals surface area contributed by atoms with E-state index in [0.717, 1.165) is 23.1 Å². The highest BCUT2D eigenvalue weighted by Crippen LogP contribution is 2.47. The summed E-state index contributed by atoms with van der Waals surface area (Å²) in [7, 11) is 0. The van der Waals surface area contributed by atoms with E-state index in [0.29, 0.717) is 17.0 Å². The quantitative estimate of drug-likeness (QED) is 0.833. The average Bonchev–Trinajstić information content (AvgIpc) is 3.38. The lowest BCUT2D eigenvalue weighted by molar-refractivity contribution is -0.111. The Morgan fingerprint density at radius 1 is 1.45 bits per heavy atom. The Hall–Kier alpha value is -1.88. The number of amides is 1. The molecule has 5 heteroatoms. The Balaban J connectivity index is 1.35. The van der Waals surface area contributed by atoms with Gasteiger partial charge in [0, 0.05) is 23.3 Å². The van der Waals surface area contributed by atoms with Crippen LogP contribution in [0.1, 0.15) is 55.2 Å². The van der Waals surface area contributed by atoms with Gasteiger partial charge in [-0.1, -0.05) is 6.92 Å². The van der Waals surface area contributed by atoms with Crippen LogP contribution >= 0.6 is 11.3 Å². The summed E-state index contributed by atoms with van der Waals surface area (Å²) in [5.74, 6) is 3.48. The highest BCUT2D eigenvalue weighted by Gasteiger charge is 2.36. The molecule has 0 bridgehead atoms. The molecule has 2 aliphatic carbocycles. The summed E-state index contributed by atoms with van der Waals surface area (Å²) in [6.07, 6.45) is 6.85. The van der Waals surface area contributed by atoms with Gasteiger partial charge < -0.3 is 4.42 Å². The van der Waals surface area contributed by atoms with E-state index in [2.05, 4.69) is 17.2 Å². The second-order valence-electron chi connectivity index (χ2n) is 6.23. The van der Waals surface area contributed by atoms with E-state index in [-0.39, 0.29) is 5.91 Å². The summed E-state index contributed by atoms with van der Waals surface area (Å²) >= 11 is 1.48. The maximum atomic E-state index is 11.9. The Morgan fingerprint density at radius 2 is 2.27 bits per heavy atom.